The highest BCUT2D eigenvalue weighted by molar-refractivity contribution is 7.15. The summed E-state index contributed by atoms with van der Waals surface area (Å²) in [4.78, 5) is 17.3. The van der Waals surface area contributed by atoms with Crippen LogP contribution in [0.25, 0.3) is 0 Å². The van der Waals surface area contributed by atoms with Gasteiger partial charge in [-0.05, 0) is 29.8 Å². The number of hydrogen-bond donors (Lipinski definition) is 1. The van der Waals surface area contributed by atoms with Gasteiger partial charge in [-0.25, -0.2) is 4.98 Å². The molecular formula is C19H17ClN2O2S. The number of aromatic nitrogens is 1. The van der Waals surface area contributed by atoms with E-state index in [2.05, 4.69) is 10.3 Å². The average Bonchev–Trinajstić information content (AvgIpc) is 3.02. The first-order chi connectivity index (χ1) is 12.2. The maximum atomic E-state index is 12.0. The molecule has 128 valence electrons. The zero-order valence-electron chi connectivity index (χ0n) is 13.4. The molecule has 0 fully saturated rings. The van der Waals surface area contributed by atoms with Crippen molar-refractivity contribution in [1.29, 1.82) is 0 Å². The lowest BCUT2D eigenvalue weighted by molar-refractivity contribution is -0.116. The van der Waals surface area contributed by atoms with Crippen molar-refractivity contribution in [2.75, 3.05) is 11.9 Å². The molecule has 1 heterocycles. The van der Waals surface area contributed by atoms with Crippen molar-refractivity contribution in [3.63, 3.8) is 0 Å². The van der Waals surface area contributed by atoms with E-state index >= 15 is 0 Å². The molecule has 0 spiro atoms. The fraction of sp³-hybridized carbons (Fsp3) is 0.158. The zero-order chi connectivity index (χ0) is 17.5. The molecule has 1 aromatic heterocycles. The zero-order valence-corrected chi connectivity index (χ0v) is 15.0. The van der Waals surface area contributed by atoms with Crippen LogP contribution >= 0.6 is 22.9 Å². The Bertz CT molecular complexity index is 836. The van der Waals surface area contributed by atoms with Crippen molar-refractivity contribution in [2.45, 2.75) is 12.8 Å². The van der Waals surface area contributed by atoms with Gasteiger partial charge in [0.2, 0.25) is 5.91 Å². The molecule has 6 heteroatoms. The minimum Gasteiger partial charge on any atom is -0.493 e. The van der Waals surface area contributed by atoms with E-state index < -0.39 is 0 Å². The number of benzene rings is 2. The molecule has 1 N–H and O–H groups in total. The number of thiazole rings is 1. The average molecular weight is 373 g/mol. The first-order valence-corrected chi connectivity index (χ1v) is 9.05. The minimum absolute atomic E-state index is 0.111. The monoisotopic (exact) mass is 372 g/mol. The van der Waals surface area contributed by atoms with E-state index in [0.717, 1.165) is 22.6 Å². The summed E-state index contributed by atoms with van der Waals surface area (Å²) in [5.41, 5.74) is 1.12. The SMILES string of the molecule is O=C(CCOc1ccccc1)Nc1ncc(Cc2cccc(Cl)c2)s1. The number of carbonyl (C=O) groups excluding carboxylic acids is 1. The normalized spacial score (nSPS) is 10.4. The molecule has 0 saturated carbocycles. The lowest BCUT2D eigenvalue weighted by Crippen LogP contribution is -2.14. The number of halogens is 1. The molecule has 0 aliphatic rings. The van der Waals surface area contributed by atoms with Gasteiger partial charge < -0.3 is 10.1 Å². The molecule has 2 aromatic carbocycles. The summed E-state index contributed by atoms with van der Waals surface area (Å²) in [6, 6.07) is 17.2. The molecular weight excluding hydrogens is 356 g/mol. The Morgan fingerprint density at radius 3 is 2.80 bits per heavy atom. The highest BCUT2D eigenvalue weighted by Crippen LogP contribution is 2.22. The number of para-hydroxylation sites is 1. The van der Waals surface area contributed by atoms with Crippen LogP contribution in [0.5, 0.6) is 5.75 Å². The minimum atomic E-state index is -0.111. The lowest BCUT2D eigenvalue weighted by atomic mass is 10.1. The Morgan fingerprint density at radius 1 is 1.16 bits per heavy atom. The molecule has 0 aliphatic carbocycles. The van der Waals surface area contributed by atoms with Crippen molar-refractivity contribution in [2.24, 2.45) is 0 Å². The van der Waals surface area contributed by atoms with Crippen LogP contribution in [-0.2, 0) is 11.2 Å². The number of amides is 1. The Labute approximate surface area is 155 Å². The number of nitrogens with one attached hydrogen (secondary N) is 1. The third-order valence-electron chi connectivity index (χ3n) is 3.41. The topological polar surface area (TPSA) is 51.2 Å². The Kier molecular flexibility index (Phi) is 6.04. The van der Waals surface area contributed by atoms with Crippen LogP contribution in [0.4, 0.5) is 5.13 Å². The highest BCUT2D eigenvalue weighted by Gasteiger charge is 2.08. The predicted octanol–water partition coefficient (Wildman–Crippen LogP) is 4.79. The molecule has 0 unspecified atom stereocenters. The van der Waals surface area contributed by atoms with Gasteiger partial charge in [0.25, 0.3) is 0 Å². The lowest BCUT2D eigenvalue weighted by Gasteiger charge is -2.05. The number of anilines is 1. The predicted molar refractivity (Wildman–Crippen MR) is 102 cm³/mol. The van der Waals surface area contributed by atoms with Crippen LogP contribution < -0.4 is 10.1 Å². The Balaban J connectivity index is 1.46. The molecule has 4 nitrogen and oxygen atoms in total. The fourth-order valence-electron chi connectivity index (χ4n) is 2.26. The standard InChI is InChI=1S/C19H17ClN2O2S/c20-15-6-4-5-14(11-15)12-17-13-21-19(25-17)22-18(23)9-10-24-16-7-2-1-3-8-16/h1-8,11,13H,9-10,12H2,(H,21,22,23). The summed E-state index contributed by atoms with van der Waals surface area (Å²) in [5, 5.41) is 4.12. The summed E-state index contributed by atoms with van der Waals surface area (Å²) in [6.45, 7) is 0.330. The molecule has 25 heavy (non-hydrogen) atoms. The van der Waals surface area contributed by atoms with Gasteiger partial charge in [-0.2, -0.15) is 0 Å². The quantitative estimate of drug-likeness (QED) is 0.648. The van der Waals surface area contributed by atoms with Crippen LogP contribution in [-0.4, -0.2) is 17.5 Å². The van der Waals surface area contributed by atoms with Crippen molar-refractivity contribution < 1.29 is 9.53 Å². The maximum Gasteiger partial charge on any atom is 0.229 e. The Hall–Kier alpha value is -2.37. The second-order valence-electron chi connectivity index (χ2n) is 5.40. The van der Waals surface area contributed by atoms with E-state index in [-0.39, 0.29) is 12.3 Å². The summed E-state index contributed by atoms with van der Waals surface area (Å²) in [7, 11) is 0. The number of carbonyl (C=O) groups is 1. The second kappa shape index (κ2) is 8.65. The van der Waals surface area contributed by atoms with Gasteiger partial charge in [-0.15, -0.1) is 11.3 Å². The largest absolute Gasteiger partial charge is 0.493 e. The van der Waals surface area contributed by atoms with E-state index in [1.54, 1.807) is 6.20 Å². The van der Waals surface area contributed by atoms with E-state index in [4.69, 9.17) is 16.3 Å². The fourth-order valence-corrected chi connectivity index (χ4v) is 3.33. The first-order valence-electron chi connectivity index (χ1n) is 7.86. The van der Waals surface area contributed by atoms with E-state index in [9.17, 15) is 4.79 Å². The summed E-state index contributed by atoms with van der Waals surface area (Å²) >= 11 is 7.46. The van der Waals surface area contributed by atoms with Gasteiger partial charge in [0.1, 0.15) is 5.75 Å². The van der Waals surface area contributed by atoms with Crippen LogP contribution in [0.1, 0.15) is 16.9 Å². The van der Waals surface area contributed by atoms with Gasteiger partial charge in [0.15, 0.2) is 5.13 Å². The van der Waals surface area contributed by atoms with Crippen molar-refractivity contribution in [3.8, 4) is 5.75 Å². The van der Waals surface area contributed by atoms with Crippen LogP contribution in [0.3, 0.4) is 0 Å². The van der Waals surface area contributed by atoms with E-state index in [0.29, 0.717) is 16.8 Å². The third kappa shape index (κ3) is 5.59. The van der Waals surface area contributed by atoms with Crippen molar-refractivity contribution >= 4 is 34.0 Å². The summed E-state index contributed by atoms with van der Waals surface area (Å²) in [6.07, 6.45) is 2.80. The number of ether oxygens (including phenoxy) is 1. The molecule has 0 aliphatic heterocycles. The van der Waals surface area contributed by atoms with Crippen molar-refractivity contribution in [3.05, 3.63) is 76.3 Å². The number of rotatable bonds is 7. The molecule has 0 radical (unpaired) electrons. The summed E-state index contributed by atoms with van der Waals surface area (Å²) in [5.74, 6) is 0.646. The van der Waals surface area contributed by atoms with Crippen molar-refractivity contribution in [1.82, 2.24) is 4.98 Å². The number of hydrogen-bond acceptors (Lipinski definition) is 4. The molecule has 3 aromatic rings. The van der Waals surface area contributed by atoms with E-state index in [1.807, 2.05) is 54.6 Å². The molecule has 1 amide bonds. The number of nitrogens with zero attached hydrogens (tertiary/aromatic N) is 1. The summed E-state index contributed by atoms with van der Waals surface area (Å²) < 4.78 is 5.52. The molecule has 0 bridgehead atoms. The van der Waals surface area contributed by atoms with Crippen LogP contribution in [0, 0.1) is 0 Å². The first kappa shape index (κ1) is 17.5. The molecule has 0 saturated heterocycles. The second-order valence-corrected chi connectivity index (χ2v) is 6.95. The maximum absolute atomic E-state index is 12.0. The molecule has 3 rings (SSSR count). The van der Waals surface area contributed by atoms with Gasteiger partial charge in [-0.3, -0.25) is 4.79 Å². The van der Waals surface area contributed by atoms with Gasteiger partial charge in [0, 0.05) is 22.5 Å². The van der Waals surface area contributed by atoms with Gasteiger partial charge >= 0.3 is 0 Å². The van der Waals surface area contributed by atoms with E-state index in [1.165, 1.54) is 11.3 Å². The smallest absolute Gasteiger partial charge is 0.229 e. The van der Waals surface area contributed by atoms with Crippen LogP contribution in [0.2, 0.25) is 5.02 Å². The van der Waals surface area contributed by atoms with Gasteiger partial charge in [0.05, 0.1) is 13.0 Å². The Morgan fingerprint density at radius 2 is 2.00 bits per heavy atom. The highest BCUT2D eigenvalue weighted by atomic mass is 35.5. The van der Waals surface area contributed by atoms with Gasteiger partial charge in [-0.1, -0.05) is 41.9 Å². The molecule has 0 atom stereocenters. The van der Waals surface area contributed by atoms with Crippen LogP contribution in [0.15, 0.2) is 60.8 Å². The third-order valence-corrected chi connectivity index (χ3v) is 4.56.